The van der Waals surface area contributed by atoms with E-state index in [1.54, 1.807) is 35.2 Å². The molecule has 0 aliphatic carbocycles. The fourth-order valence-electron chi connectivity index (χ4n) is 5.12. The molecule has 1 fully saturated rings. The predicted octanol–water partition coefficient (Wildman–Crippen LogP) is 3.74. The standard InChI is InChI=1S/C27H29ClN2O7/c1-33-20-13-16(14-21(34-2)25(20)35-3)23-22-24(31)18-15-17(28)5-6-19(18)37-26(22)27(32)30(23)8-4-7-29-9-11-36-12-10-29/h5-6,13-15,23H,4,7-12H2,1-3H3/t23-/m1/s1. The third kappa shape index (κ3) is 4.63. The van der Waals surface area contributed by atoms with Gasteiger partial charge in [-0.25, -0.2) is 0 Å². The van der Waals surface area contributed by atoms with Crippen LogP contribution in [0, 0.1) is 0 Å². The molecule has 0 unspecified atom stereocenters. The maximum Gasteiger partial charge on any atom is 0.290 e. The van der Waals surface area contributed by atoms with Gasteiger partial charge in [0.25, 0.3) is 5.91 Å². The molecule has 5 rings (SSSR count). The highest BCUT2D eigenvalue weighted by atomic mass is 35.5. The summed E-state index contributed by atoms with van der Waals surface area (Å²) in [4.78, 5) is 31.5. The number of ether oxygens (including phenoxy) is 4. The van der Waals surface area contributed by atoms with Gasteiger partial charge >= 0.3 is 0 Å². The number of carbonyl (C=O) groups is 1. The molecule has 0 saturated carbocycles. The third-order valence-corrected chi connectivity index (χ3v) is 7.14. The lowest BCUT2D eigenvalue weighted by atomic mass is 9.97. The molecule has 0 bridgehead atoms. The second-order valence-electron chi connectivity index (χ2n) is 8.98. The van der Waals surface area contributed by atoms with Crippen molar-refractivity contribution in [2.45, 2.75) is 12.5 Å². The Balaban J connectivity index is 1.61. The first kappa shape index (κ1) is 25.4. The topological polar surface area (TPSA) is 90.7 Å². The van der Waals surface area contributed by atoms with Crippen molar-refractivity contribution in [3.8, 4) is 17.2 Å². The van der Waals surface area contributed by atoms with Gasteiger partial charge in [-0.1, -0.05) is 11.6 Å². The molecule has 3 aromatic rings. The summed E-state index contributed by atoms with van der Waals surface area (Å²) < 4.78 is 28.1. The van der Waals surface area contributed by atoms with Crippen LogP contribution in [0.25, 0.3) is 11.0 Å². The van der Waals surface area contributed by atoms with Crippen molar-refractivity contribution in [2.75, 3.05) is 60.7 Å². The molecular weight excluding hydrogens is 500 g/mol. The van der Waals surface area contributed by atoms with Crippen molar-refractivity contribution in [1.82, 2.24) is 9.80 Å². The lowest BCUT2D eigenvalue weighted by Gasteiger charge is -2.29. The molecule has 2 aliphatic rings. The first-order valence-corrected chi connectivity index (χ1v) is 12.5. The largest absolute Gasteiger partial charge is 0.493 e. The van der Waals surface area contributed by atoms with Gasteiger partial charge in [0.2, 0.25) is 11.5 Å². The van der Waals surface area contributed by atoms with Crippen LogP contribution in [0.15, 0.2) is 39.5 Å². The van der Waals surface area contributed by atoms with Crippen molar-refractivity contribution >= 4 is 28.5 Å². The lowest BCUT2D eigenvalue weighted by molar-refractivity contribution is 0.0353. The van der Waals surface area contributed by atoms with Gasteiger partial charge in [0.05, 0.1) is 51.5 Å². The van der Waals surface area contributed by atoms with E-state index in [1.165, 1.54) is 21.3 Å². The molecule has 0 radical (unpaired) electrons. The second-order valence-corrected chi connectivity index (χ2v) is 9.42. The third-order valence-electron chi connectivity index (χ3n) is 6.91. The predicted molar refractivity (Wildman–Crippen MR) is 138 cm³/mol. The molecule has 196 valence electrons. The van der Waals surface area contributed by atoms with Crippen LogP contribution in [0.1, 0.15) is 34.1 Å². The monoisotopic (exact) mass is 528 g/mol. The smallest absolute Gasteiger partial charge is 0.290 e. The zero-order chi connectivity index (χ0) is 26.1. The Labute approximate surface area is 219 Å². The van der Waals surface area contributed by atoms with Crippen LogP contribution in [0.5, 0.6) is 17.2 Å². The van der Waals surface area contributed by atoms with Crippen LogP contribution < -0.4 is 19.6 Å². The van der Waals surface area contributed by atoms with E-state index in [2.05, 4.69) is 4.90 Å². The number of benzene rings is 2. The van der Waals surface area contributed by atoms with Gasteiger partial charge in [0, 0.05) is 31.2 Å². The van der Waals surface area contributed by atoms with Gasteiger partial charge < -0.3 is 28.3 Å². The fourth-order valence-corrected chi connectivity index (χ4v) is 5.29. The highest BCUT2D eigenvalue weighted by Crippen LogP contribution is 2.45. The Morgan fingerprint density at radius 2 is 1.68 bits per heavy atom. The van der Waals surface area contributed by atoms with E-state index < -0.39 is 6.04 Å². The number of hydrogen-bond acceptors (Lipinski definition) is 8. The molecule has 2 aromatic carbocycles. The molecule has 1 aromatic heterocycles. The molecule has 0 spiro atoms. The lowest BCUT2D eigenvalue weighted by Crippen LogP contribution is -2.38. The van der Waals surface area contributed by atoms with Crippen molar-refractivity contribution in [3.05, 3.63) is 62.5 Å². The number of methoxy groups -OCH3 is 3. The Morgan fingerprint density at radius 3 is 2.32 bits per heavy atom. The Kier molecular flexibility index (Phi) is 7.28. The van der Waals surface area contributed by atoms with Crippen LogP contribution >= 0.6 is 11.6 Å². The highest BCUT2D eigenvalue weighted by Gasteiger charge is 2.43. The van der Waals surface area contributed by atoms with E-state index in [1.807, 2.05) is 0 Å². The second kappa shape index (κ2) is 10.6. The quantitative estimate of drug-likeness (QED) is 0.437. The average molecular weight is 529 g/mol. The average Bonchev–Trinajstić information content (AvgIpc) is 3.20. The normalized spacial score (nSPS) is 17.8. The summed E-state index contributed by atoms with van der Waals surface area (Å²) in [6.07, 6.45) is 0.722. The molecular formula is C27H29ClN2O7. The Morgan fingerprint density at radius 1 is 0.973 bits per heavy atom. The number of halogens is 1. The summed E-state index contributed by atoms with van der Waals surface area (Å²) in [7, 11) is 4.58. The van der Waals surface area contributed by atoms with Gasteiger partial charge in [-0.15, -0.1) is 0 Å². The maximum atomic E-state index is 13.8. The van der Waals surface area contributed by atoms with Crippen molar-refractivity contribution in [3.63, 3.8) is 0 Å². The van der Waals surface area contributed by atoms with Crippen molar-refractivity contribution < 1.29 is 28.2 Å². The molecule has 1 amide bonds. The first-order valence-electron chi connectivity index (χ1n) is 12.1. The van der Waals surface area contributed by atoms with Crippen LogP contribution in [0.3, 0.4) is 0 Å². The first-order chi connectivity index (χ1) is 18.0. The summed E-state index contributed by atoms with van der Waals surface area (Å²) in [5, 5.41) is 0.738. The van der Waals surface area contributed by atoms with Gasteiger partial charge in [0.15, 0.2) is 16.9 Å². The van der Waals surface area contributed by atoms with Gasteiger partial charge in [-0.2, -0.15) is 0 Å². The number of morpholine rings is 1. The molecule has 37 heavy (non-hydrogen) atoms. The summed E-state index contributed by atoms with van der Waals surface area (Å²) >= 11 is 6.19. The minimum atomic E-state index is -0.694. The zero-order valence-corrected chi connectivity index (χ0v) is 21.8. The van der Waals surface area contributed by atoms with E-state index in [0.717, 1.165) is 26.1 Å². The molecule has 1 atom stereocenters. The Hall–Kier alpha value is -3.27. The number of carbonyl (C=O) groups excluding carboxylic acids is 1. The summed E-state index contributed by atoms with van der Waals surface area (Å²) in [5.74, 6) is 1.00. The number of fused-ring (bicyclic) bond motifs is 2. The van der Waals surface area contributed by atoms with Crippen LogP contribution in [-0.2, 0) is 4.74 Å². The van der Waals surface area contributed by atoms with E-state index in [9.17, 15) is 9.59 Å². The van der Waals surface area contributed by atoms with Gasteiger partial charge in [0.1, 0.15) is 5.58 Å². The van der Waals surface area contributed by atoms with E-state index in [-0.39, 0.29) is 22.7 Å². The molecule has 2 aliphatic heterocycles. The summed E-state index contributed by atoms with van der Waals surface area (Å²) in [5.41, 5.74) is 0.962. The number of hydrogen-bond donors (Lipinski definition) is 0. The number of rotatable bonds is 8. The minimum Gasteiger partial charge on any atom is -0.493 e. The molecule has 9 nitrogen and oxygen atoms in total. The van der Waals surface area contributed by atoms with E-state index in [4.69, 9.17) is 35.0 Å². The highest BCUT2D eigenvalue weighted by molar-refractivity contribution is 6.31. The Bertz CT molecular complexity index is 1360. The molecule has 0 N–H and O–H groups in total. The maximum absolute atomic E-state index is 13.8. The number of amides is 1. The summed E-state index contributed by atoms with van der Waals surface area (Å²) in [6, 6.07) is 7.66. The minimum absolute atomic E-state index is 0.0462. The van der Waals surface area contributed by atoms with E-state index >= 15 is 0 Å². The van der Waals surface area contributed by atoms with Gasteiger partial charge in [-0.05, 0) is 42.3 Å². The van der Waals surface area contributed by atoms with Gasteiger partial charge in [-0.3, -0.25) is 14.5 Å². The fraction of sp³-hybridized carbons (Fsp3) is 0.407. The van der Waals surface area contributed by atoms with Crippen LogP contribution in [-0.4, -0.2) is 76.4 Å². The van der Waals surface area contributed by atoms with Crippen LogP contribution in [0.2, 0.25) is 5.02 Å². The van der Waals surface area contributed by atoms with E-state index in [0.29, 0.717) is 58.6 Å². The summed E-state index contributed by atoms with van der Waals surface area (Å²) in [6.45, 7) is 4.36. The molecule has 3 heterocycles. The van der Waals surface area contributed by atoms with Crippen LogP contribution in [0.4, 0.5) is 0 Å². The molecule has 1 saturated heterocycles. The zero-order valence-electron chi connectivity index (χ0n) is 21.0. The number of nitrogens with zero attached hydrogens (tertiary/aromatic N) is 2. The SMILES string of the molecule is COc1cc([C@@H]2c3c(oc4ccc(Cl)cc4c3=O)C(=O)N2CCCN2CCOCC2)cc(OC)c1OC. The van der Waals surface area contributed by atoms with Crippen molar-refractivity contribution in [1.29, 1.82) is 0 Å². The molecule has 10 heteroatoms. The van der Waals surface area contributed by atoms with Crippen molar-refractivity contribution in [2.24, 2.45) is 0 Å².